The van der Waals surface area contributed by atoms with E-state index in [-0.39, 0.29) is 17.3 Å². The van der Waals surface area contributed by atoms with Crippen LogP contribution < -0.4 is 9.47 Å². The lowest BCUT2D eigenvalue weighted by molar-refractivity contribution is 0.305. The quantitative estimate of drug-likeness (QED) is 0.423. The number of para-hydroxylation sites is 1. The van der Waals surface area contributed by atoms with Crippen molar-refractivity contribution in [2.75, 3.05) is 13.4 Å². The molecule has 5 nitrogen and oxygen atoms in total. The molecular weight excluding hydrogens is 417 g/mol. The molecule has 0 aliphatic heterocycles. The molecule has 0 unspecified atom stereocenters. The second-order valence-electron chi connectivity index (χ2n) is 7.06. The number of ether oxygens (including phenoxy) is 2. The molecule has 0 saturated heterocycles. The maximum atomic E-state index is 14.7. The summed E-state index contributed by atoms with van der Waals surface area (Å²) in [5, 5.41) is 0.763. The highest BCUT2D eigenvalue weighted by Gasteiger charge is 2.13. The van der Waals surface area contributed by atoms with Crippen molar-refractivity contribution in [3.05, 3.63) is 84.3 Å². The molecule has 0 fully saturated rings. The summed E-state index contributed by atoms with van der Waals surface area (Å²) in [5.41, 5.74) is 2.40. The number of rotatable bonds is 6. The van der Waals surface area contributed by atoms with E-state index in [0.29, 0.717) is 33.7 Å². The number of hydrogen-bond acceptors (Lipinski definition) is 5. The van der Waals surface area contributed by atoms with Gasteiger partial charge < -0.3 is 9.47 Å². The molecule has 0 atom stereocenters. The number of pyridine rings is 1. The summed E-state index contributed by atoms with van der Waals surface area (Å²) in [7, 11) is -1.74. The molecule has 158 valence electrons. The van der Waals surface area contributed by atoms with E-state index in [1.807, 2.05) is 12.1 Å². The number of halogens is 1. The van der Waals surface area contributed by atoms with Crippen molar-refractivity contribution in [2.45, 2.75) is 11.5 Å². The highest BCUT2D eigenvalue weighted by Crippen LogP contribution is 2.35. The number of fused-ring (bicyclic) bond motifs is 1. The predicted molar refractivity (Wildman–Crippen MR) is 118 cm³/mol. The molecule has 0 bridgehead atoms. The first-order chi connectivity index (χ1) is 14.9. The molecule has 7 heteroatoms. The minimum absolute atomic E-state index is 0.152. The Morgan fingerprint density at radius 3 is 2.55 bits per heavy atom. The van der Waals surface area contributed by atoms with Crippen LogP contribution in [0.15, 0.2) is 77.8 Å². The van der Waals surface area contributed by atoms with Crippen LogP contribution in [-0.4, -0.2) is 26.8 Å². The van der Waals surface area contributed by atoms with Gasteiger partial charge in [0.15, 0.2) is 9.84 Å². The van der Waals surface area contributed by atoms with E-state index in [1.165, 1.54) is 12.1 Å². The SMILES string of the molecule is COc1cccc2c(-c3cc(OCc4cccc(S(C)(=O)=O)c4)ccc3F)ccnc12. The van der Waals surface area contributed by atoms with Crippen LogP contribution in [0, 0.1) is 5.82 Å². The normalized spacial score (nSPS) is 11.5. The third-order valence-electron chi connectivity index (χ3n) is 4.91. The Balaban J connectivity index is 1.67. The van der Waals surface area contributed by atoms with Crippen LogP contribution in [0.4, 0.5) is 4.39 Å². The largest absolute Gasteiger partial charge is 0.494 e. The van der Waals surface area contributed by atoms with Gasteiger partial charge in [0.1, 0.15) is 29.4 Å². The van der Waals surface area contributed by atoms with Crippen molar-refractivity contribution in [3.8, 4) is 22.6 Å². The summed E-state index contributed by atoms with van der Waals surface area (Å²) in [6.45, 7) is 0.152. The second-order valence-corrected chi connectivity index (χ2v) is 9.08. The highest BCUT2D eigenvalue weighted by atomic mass is 32.2. The van der Waals surface area contributed by atoms with Crippen LogP contribution in [0.2, 0.25) is 0 Å². The Bertz CT molecular complexity index is 1370. The minimum atomic E-state index is -3.30. The van der Waals surface area contributed by atoms with Gasteiger partial charge >= 0.3 is 0 Å². The zero-order valence-corrected chi connectivity index (χ0v) is 17.8. The van der Waals surface area contributed by atoms with E-state index < -0.39 is 9.84 Å². The van der Waals surface area contributed by atoms with Crippen LogP contribution in [0.3, 0.4) is 0 Å². The summed E-state index contributed by atoms with van der Waals surface area (Å²) >= 11 is 0. The van der Waals surface area contributed by atoms with Crippen molar-refractivity contribution in [1.29, 1.82) is 0 Å². The molecule has 0 aliphatic carbocycles. The number of hydrogen-bond donors (Lipinski definition) is 0. The van der Waals surface area contributed by atoms with E-state index >= 15 is 0 Å². The first-order valence-corrected chi connectivity index (χ1v) is 11.4. The van der Waals surface area contributed by atoms with E-state index in [1.54, 1.807) is 55.8 Å². The lowest BCUT2D eigenvalue weighted by atomic mass is 10.0. The zero-order valence-electron chi connectivity index (χ0n) is 17.0. The standard InChI is InChI=1S/C24H20FNO4S/c1-29-23-8-4-7-20-19(11-12-26-24(20)23)21-14-17(9-10-22(21)25)30-15-16-5-3-6-18(13-16)31(2,27)28/h3-14H,15H2,1-2H3. The van der Waals surface area contributed by atoms with Crippen molar-refractivity contribution < 1.29 is 22.3 Å². The van der Waals surface area contributed by atoms with Crippen LogP contribution in [0.5, 0.6) is 11.5 Å². The van der Waals surface area contributed by atoms with E-state index in [0.717, 1.165) is 11.6 Å². The fraction of sp³-hybridized carbons (Fsp3) is 0.125. The van der Waals surface area contributed by atoms with Gasteiger partial charge in [-0.2, -0.15) is 0 Å². The topological polar surface area (TPSA) is 65.5 Å². The van der Waals surface area contributed by atoms with Gasteiger partial charge in [0.2, 0.25) is 0 Å². The molecule has 1 aromatic heterocycles. The van der Waals surface area contributed by atoms with Gasteiger partial charge in [-0.05, 0) is 53.6 Å². The smallest absolute Gasteiger partial charge is 0.175 e. The number of benzene rings is 3. The molecule has 3 aromatic carbocycles. The zero-order chi connectivity index (χ0) is 22.0. The number of methoxy groups -OCH3 is 1. The van der Waals surface area contributed by atoms with E-state index in [2.05, 4.69) is 4.98 Å². The van der Waals surface area contributed by atoms with E-state index in [9.17, 15) is 12.8 Å². The Kier molecular flexibility index (Phi) is 5.61. The second kappa shape index (κ2) is 8.35. The van der Waals surface area contributed by atoms with Gasteiger partial charge in [-0.3, -0.25) is 4.98 Å². The van der Waals surface area contributed by atoms with Crippen LogP contribution in [0.25, 0.3) is 22.0 Å². The van der Waals surface area contributed by atoms with Crippen molar-refractivity contribution in [1.82, 2.24) is 4.98 Å². The third kappa shape index (κ3) is 4.36. The molecule has 0 radical (unpaired) electrons. The van der Waals surface area contributed by atoms with Gasteiger partial charge in [0.25, 0.3) is 0 Å². The molecule has 4 aromatic rings. The molecule has 0 spiro atoms. The molecular formula is C24H20FNO4S. The monoisotopic (exact) mass is 437 g/mol. The summed E-state index contributed by atoms with van der Waals surface area (Å²) in [4.78, 5) is 4.59. The van der Waals surface area contributed by atoms with E-state index in [4.69, 9.17) is 9.47 Å². The van der Waals surface area contributed by atoms with Crippen molar-refractivity contribution >= 4 is 20.7 Å². The molecule has 0 aliphatic rings. The van der Waals surface area contributed by atoms with Crippen LogP contribution >= 0.6 is 0 Å². The van der Waals surface area contributed by atoms with Gasteiger partial charge in [-0.25, -0.2) is 12.8 Å². The van der Waals surface area contributed by atoms with Gasteiger partial charge in [-0.15, -0.1) is 0 Å². The Morgan fingerprint density at radius 1 is 0.968 bits per heavy atom. The first kappa shape index (κ1) is 20.8. The summed E-state index contributed by atoms with van der Waals surface area (Å²) in [5.74, 6) is 0.689. The average molecular weight is 437 g/mol. The molecule has 1 heterocycles. The predicted octanol–water partition coefficient (Wildman–Crippen LogP) is 5.03. The summed E-state index contributed by atoms with van der Waals surface area (Å²) in [6.07, 6.45) is 2.77. The molecule has 0 amide bonds. The maximum Gasteiger partial charge on any atom is 0.175 e. The molecule has 4 rings (SSSR count). The van der Waals surface area contributed by atoms with Gasteiger partial charge in [0.05, 0.1) is 12.0 Å². The summed E-state index contributed by atoms with van der Waals surface area (Å²) in [6, 6.07) is 18.3. The minimum Gasteiger partial charge on any atom is -0.494 e. The molecule has 0 N–H and O–H groups in total. The lowest BCUT2D eigenvalue weighted by Gasteiger charge is -2.12. The van der Waals surface area contributed by atoms with Crippen LogP contribution in [-0.2, 0) is 16.4 Å². The van der Waals surface area contributed by atoms with Gasteiger partial charge in [-0.1, -0.05) is 24.3 Å². The Morgan fingerprint density at radius 2 is 1.77 bits per heavy atom. The summed E-state index contributed by atoms with van der Waals surface area (Å²) < 4.78 is 49.5. The number of nitrogens with zero attached hydrogens (tertiary/aromatic N) is 1. The highest BCUT2D eigenvalue weighted by molar-refractivity contribution is 7.90. The fourth-order valence-electron chi connectivity index (χ4n) is 3.38. The third-order valence-corrected chi connectivity index (χ3v) is 6.02. The van der Waals surface area contributed by atoms with Crippen molar-refractivity contribution in [3.63, 3.8) is 0 Å². The van der Waals surface area contributed by atoms with Crippen LogP contribution in [0.1, 0.15) is 5.56 Å². The Hall–Kier alpha value is -3.45. The lowest BCUT2D eigenvalue weighted by Crippen LogP contribution is -2.01. The first-order valence-electron chi connectivity index (χ1n) is 9.50. The Labute approximate surface area is 180 Å². The number of sulfone groups is 1. The van der Waals surface area contributed by atoms with Crippen molar-refractivity contribution in [2.24, 2.45) is 0 Å². The van der Waals surface area contributed by atoms with Gasteiger partial charge in [0, 0.05) is 23.4 Å². The number of aromatic nitrogens is 1. The fourth-order valence-corrected chi connectivity index (χ4v) is 4.07. The average Bonchev–Trinajstić information content (AvgIpc) is 2.77. The molecule has 0 saturated carbocycles. The maximum absolute atomic E-state index is 14.7. The molecule has 31 heavy (non-hydrogen) atoms.